The van der Waals surface area contributed by atoms with Crippen LogP contribution in [0.1, 0.15) is 23.8 Å². The van der Waals surface area contributed by atoms with E-state index >= 15 is 0 Å². The van der Waals surface area contributed by atoms with E-state index in [2.05, 4.69) is 11.1 Å². The van der Waals surface area contributed by atoms with Crippen molar-refractivity contribution in [2.24, 2.45) is 0 Å². The number of nitrogens with two attached hydrogens (primary N) is 1. The molecule has 3 rings (SSSR count). The van der Waals surface area contributed by atoms with Gasteiger partial charge < -0.3 is 5.73 Å². The predicted molar refractivity (Wildman–Crippen MR) is 56.0 cm³/mol. The third-order valence-electron chi connectivity index (χ3n) is 2.39. The zero-order chi connectivity index (χ0) is 8.84. The fourth-order valence-electron chi connectivity index (χ4n) is 1.49. The minimum atomic E-state index is 0.733. The van der Waals surface area contributed by atoms with Crippen LogP contribution in [-0.2, 0) is 0 Å². The maximum absolute atomic E-state index is 5.83. The molecule has 0 amide bonds. The van der Waals surface area contributed by atoms with Crippen LogP contribution in [0.3, 0.4) is 0 Å². The Bertz CT molecular complexity index is 457. The number of hydrogen-bond donors (Lipinski definition) is 1. The zero-order valence-electron chi connectivity index (χ0n) is 7.16. The van der Waals surface area contributed by atoms with Crippen molar-refractivity contribution in [3.05, 3.63) is 23.2 Å². The summed E-state index contributed by atoms with van der Waals surface area (Å²) in [6.07, 6.45) is 2.61. The van der Waals surface area contributed by atoms with Crippen LogP contribution in [0, 0.1) is 0 Å². The molecule has 1 heterocycles. The highest BCUT2D eigenvalue weighted by Crippen LogP contribution is 2.43. The molecule has 13 heavy (non-hydrogen) atoms. The number of hydrogen-bond acceptors (Lipinski definition) is 3. The molecule has 1 aromatic heterocycles. The van der Waals surface area contributed by atoms with Gasteiger partial charge in [0, 0.05) is 5.92 Å². The zero-order valence-corrected chi connectivity index (χ0v) is 7.97. The van der Waals surface area contributed by atoms with Gasteiger partial charge in [-0.2, -0.15) is 0 Å². The van der Waals surface area contributed by atoms with E-state index in [1.807, 2.05) is 12.1 Å². The van der Waals surface area contributed by atoms with E-state index in [1.165, 1.54) is 22.5 Å². The summed E-state index contributed by atoms with van der Waals surface area (Å²) in [7, 11) is 0. The second kappa shape index (κ2) is 2.45. The molecular weight excluding hydrogens is 180 g/mol. The summed E-state index contributed by atoms with van der Waals surface area (Å²) >= 11 is 1.79. The van der Waals surface area contributed by atoms with Gasteiger partial charge in [-0.05, 0) is 25.0 Å². The first-order valence-electron chi connectivity index (χ1n) is 4.49. The standard InChI is InChI=1S/C10H10N2S/c11-7-2-1-3-8-9(7)12-10(13-8)6-4-5-6/h1-3,6H,4-5,11H2. The van der Waals surface area contributed by atoms with Crippen molar-refractivity contribution < 1.29 is 0 Å². The molecule has 1 aliphatic carbocycles. The van der Waals surface area contributed by atoms with Crippen LogP contribution < -0.4 is 5.73 Å². The normalized spacial score (nSPS) is 16.6. The number of nitrogen functional groups attached to an aromatic ring is 1. The molecule has 0 radical (unpaired) electrons. The molecule has 0 unspecified atom stereocenters. The first-order chi connectivity index (χ1) is 6.34. The van der Waals surface area contributed by atoms with Crippen molar-refractivity contribution in [1.29, 1.82) is 0 Å². The van der Waals surface area contributed by atoms with E-state index in [0.717, 1.165) is 17.1 Å². The summed E-state index contributed by atoms with van der Waals surface area (Å²) in [5.74, 6) is 0.733. The van der Waals surface area contributed by atoms with E-state index in [9.17, 15) is 0 Å². The Hall–Kier alpha value is -1.09. The number of benzene rings is 1. The number of para-hydroxylation sites is 1. The van der Waals surface area contributed by atoms with Gasteiger partial charge in [0.1, 0.15) is 5.52 Å². The fraction of sp³-hybridized carbons (Fsp3) is 0.300. The molecule has 66 valence electrons. The molecule has 0 bridgehead atoms. The van der Waals surface area contributed by atoms with Gasteiger partial charge >= 0.3 is 0 Å². The quantitative estimate of drug-likeness (QED) is 0.702. The Morgan fingerprint density at radius 2 is 2.23 bits per heavy atom. The number of thiazole rings is 1. The van der Waals surface area contributed by atoms with E-state index in [1.54, 1.807) is 11.3 Å². The second-order valence-corrected chi connectivity index (χ2v) is 4.58. The van der Waals surface area contributed by atoms with Gasteiger partial charge in [-0.3, -0.25) is 0 Å². The van der Waals surface area contributed by atoms with Gasteiger partial charge in [0.2, 0.25) is 0 Å². The first kappa shape index (κ1) is 7.33. The van der Waals surface area contributed by atoms with E-state index in [0.29, 0.717) is 0 Å². The van der Waals surface area contributed by atoms with E-state index in [4.69, 9.17) is 5.73 Å². The molecule has 1 aliphatic rings. The smallest absolute Gasteiger partial charge is 0.104 e. The minimum Gasteiger partial charge on any atom is -0.397 e. The highest BCUT2D eigenvalue weighted by molar-refractivity contribution is 7.18. The topological polar surface area (TPSA) is 38.9 Å². The van der Waals surface area contributed by atoms with Crippen molar-refractivity contribution in [2.75, 3.05) is 5.73 Å². The van der Waals surface area contributed by atoms with E-state index < -0.39 is 0 Å². The average Bonchev–Trinajstić information content (AvgIpc) is 2.87. The Morgan fingerprint density at radius 3 is 2.92 bits per heavy atom. The molecular formula is C10H10N2S. The lowest BCUT2D eigenvalue weighted by molar-refractivity contribution is 1.10. The van der Waals surface area contributed by atoms with Gasteiger partial charge in [0.05, 0.1) is 15.4 Å². The van der Waals surface area contributed by atoms with Crippen LogP contribution in [0.4, 0.5) is 5.69 Å². The number of nitrogens with zero attached hydrogens (tertiary/aromatic N) is 1. The highest BCUT2D eigenvalue weighted by Gasteiger charge is 2.27. The molecule has 2 nitrogen and oxygen atoms in total. The van der Waals surface area contributed by atoms with Crippen LogP contribution in [0.2, 0.25) is 0 Å². The molecule has 0 atom stereocenters. The maximum Gasteiger partial charge on any atom is 0.104 e. The van der Waals surface area contributed by atoms with E-state index in [-0.39, 0.29) is 0 Å². The lowest BCUT2D eigenvalue weighted by Gasteiger charge is -1.90. The van der Waals surface area contributed by atoms with Gasteiger partial charge in [0.15, 0.2) is 0 Å². The molecule has 1 aromatic carbocycles. The van der Waals surface area contributed by atoms with Gasteiger partial charge in [-0.25, -0.2) is 4.98 Å². The van der Waals surface area contributed by atoms with Crippen LogP contribution in [-0.4, -0.2) is 4.98 Å². The third kappa shape index (κ3) is 1.11. The Balaban J connectivity index is 2.26. The van der Waals surface area contributed by atoms with Crippen molar-refractivity contribution in [3.8, 4) is 0 Å². The van der Waals surface area contributed by atoms with Crippen LogP contribution in [0.5, 0.6) is 0 Å². The number of rotatable bonds is 1. The fourth-order valence-corrected chi connectivity index (χ4v) is 2.66. The summed E-state index contributed by atoms with van der Waals surface area (Å²) in [6.45, 7) is 0. The first-order valence-corrected chi connectivity index (χ1v) is 5.31. The molecule has 2 N–H and O–H groups in total. The number of fused-ring (bicyclic) bond motifs is 1. The van der Waals surface area contributed by atoms with Crippen molar-refractivity contribution in [3.63, 3.8) is 0 Å². The van der Waals surface area contributed by atoms with Crippen LogP contribution >= 0.6 is 11.3 Å². The summed E-state index contributed by atoms with van der Waals surface area (Å²) in [4.78, 5) is 4.57. The van der Waals surface area contributed by atoms with Crippen molar-refractivity contribution >= 4 is 27.2 Å². The van der Waals surface area contributed by atoms with Crippen LogP contribution in [0.15, 0.2) is 18.2 Å². The Kier molecular flexibility index (Phi) is 1.38. The molecule has 0 aliphatic heterocycles. The second-order valence-electron chi connectivity index (χ2n) is 3.52. The Morgan fingerprint density at radius 1 is 1.38 bits per heavy atom. The third-order valence-corrected chi connectivity index (χ3v) is 3.58. The Labute approximate surface area is 80.4 Å². The van der Waals surface area contributed by atoms with Gasteiger partial charge in [-0.15, -0.1) is 11.3 Å². The largest absolute Gasteiger partial charge is 0.397 e. The predicted octanol–water partition coefficient (Wildman–Crippen LogP) is 2.76. The molecule has 3 heteroatoms. The summed E-state index contributed by atoms with van der Waals surface area (Å²) in [5.41, 5.74) is 7.64. The molecule has 2 aromatic rings. The lowest BCUT2D eigenvalue weighted by Crippen LogP contribution is -1.85. The summed E-state index contributed by atoms with van der Waals surface area (Å²) < 4.78 is 1.22. The number of anilines is 1. The molecule has 0 saturated heterocycles. The highest BCUT2D eigenvalue weighted by atomic mass is 32.1. The maximum atomic E-state index is 5.83. The minimum absolute atomic E-state index is 0.733. The van der Waals surface area contributed by atoms with Crippen LogP contribution in [0.25, 0.3) is 10.2 Å². The van der Waals surface area contributed by atoms with Gasteiger partial charge in [0.25, 0.3) is 0 Å². The summed E-state index contributed by atoms with van der Waals surface area (Å²) in [5, 5.41) is 1.27. The average molecular weight is 190 g/mol. The summed E-state index contributed by atoms with van der Waals surface area (Å²) in [6, 6.07) is 6.00. The van der Waals surface area contributed by atoms with Crippen molar-refractivity contribution in [2.45, 2.75) is 18.8 Å². The SMILES string of the molecule is Nc1cccc2sc(C3CC3)nc12. The lowest BCUT2D eigenvalue weighted by atomic mass is 10.3. The van der Waals surface area contributed by atoms with Crippen molar-refractivity contribution in [1.82, 2.24) is 4.98 Å². The monoisotopic (exact) mass is 190 g/mol. The molecule has 1 fully saturated rings. The van der Waals surface area contributed by atoms with Gasteiger partial charge in [-0.1, -0.05) is 6.07 Å². The molecule has 0 spiro atoms. The molecule has 1 saturated carbocycles. The number of aromatic nitrogens is 1.